The lowest BCUT2D eigenvalue weighted by Crippen LogP contribution is -2.47. The maximum Gasteiger partial charge on any atom is 0.305 e. The summed E-state index contributed by atoms with van der Waals surface area (Å²) in [7, 11) is 0. The minimum atomic E-state index is -0.902. The number of thioether (sulfide) groups is 2. The van der Waals surface area contributed by atoms with Gasteiger partial charge in [0.1, 0.15) is 6.04 Å². The van der Waals surface area contributed by atoms with E-state index in [4.69, 9.17) is 24.1 Å². The molecule has 1 unspecified atom stereocenters. The average molecular weight is 1070 g/mol. The van der Waals surface area contributed by atoms with Crippen LogP contribution in [0.5, 0.6) is 0 Å². The molecular weight excluding hydrogens is 995 g/mol. The number of rotatable bonds is 36. The third-order valence-electron chi connectivity index (χ3n) is 12.9. The van der Waals surface area contributed by atoms with Gasteiger partial charge in [-0.3, -0.25) is 19.2 Å². The van der Waals surface area contributed by atoms with Crippen LogP contribution in [-0.2, 0) is 47.6 Å². The number of aliphatic carboxylic acids is 1. The predicted molar refractivity (Wildman–Crippen MR) is 305 cm³/mol. The molecule has 404 valence electrons. The Morgan fingerprint density at radius 1 is 0.539 bits per heavy atom. The molecule has 3 amide bonds. The van der Waals surface area contributed by atoms with Crippen molar-refractivity contribution in [1.29, 1.82) is 0 Å². The van der Waals surface area contributed by atoms with Crippen LogP contribution in [0.1, 0.15) is 79.7 Å². The van der Waals surface area contributed by atoms with Crippen LogP contribution in [0.3, 0.4) is 0 Å². The number of carboxylic acid groups (broad SMARTS) is 1. The second-order valence-electron chi connectivity index (χ2n) is 18.5. The van der Waals surface area contributed by atoms with Crippen LogP contribution in [0.15, 0.2) is 175 Å². The molecule has 12 nitrogen and oxygen atoms in total. The van der Waals surface area contributed by atoms with Gasteiger partial charge in [-0.2, -0.15) is 0 Å². The number of benzene rings is 5. The number of carbonyl (C=O) groups is 4. The van der Waals surface area contributed by atoms with E-state index in [-0.39, 0.29) is 50.3 Å². The van der Waals surface area contributed by atoms with Gasteiger partial charge in [-0.25, -0.2) is 0 Å². The highest BCUT2D eigenvalue weighted by Crippen LogP contribution is 2.52. The van der Waals surface area contributed by atoms with Crippen molar-refractivity contribution in [2.45, 2.75) is 67.4 Å². The second kappa shape index (κ2) is 33.2. The summed E-state index contributed by atoms with van der Waals surface area (Å²) in [5.74, 6) is 0.0286. The summed E-state index contributed by atoms with van der Waals surface area (Å²) in [5, 5.41) is 17.8. The number of carboxylic acids is 1. The molecule has 5 aromatic carbocycles. The van der Waals surface area contributed by atoms with Crippen LogP contribution in [0.4, 0.5) is 0 Å². The Hall–Kier alpha value is -6.00. The molecule has 0 saturated carbocycles. The molecule has 0 saturated heterocycles. The molecule has 0 spiro atoms. The Labute approximate surface area is 458 Å². The van der Waals surface area contributed by atoms with E-state index in [1.165, 1.54) is 5.57 Å². The van der Waals surface area contributed by atoms with E-state index in [1.807, 2.05) is 30.3 Å². The lowest BCUT2D eigenvalue weighted by molar-refractivity contribution is -0.138. The Bertz CT molecular complexity index is 2400. The van der Waals surface area contributed by atoms with Crippen molar-refractivity contribution in [1.82, 2.24) is 16.0 Å². The third kappa shape index (κ3) is 18.6. The summed E-state index contributed by atoms with van der Waals surface area (Å²) in [5.41, 5.74) is 7.02. The van der Waals surface area contributed by atoms with E-state index in [0.29, 0.717) is 89.3 Å². The highest BCUT2D eigenvalue weighted by atomic mass is 32.2. The molecule has 1 aliphatic carbocycles. The molecule has 76 heavy (non-hydrogen) atoms. The van der Waals surface area contributed by atoms with Gasteiger partial charge in [0.05, 0.1) is 68.8 Å². The predicted octanol–water partition coefficient (Wildman–Crippen LogP) is 10.1. The van der Waals surface area contributed by atoms with Crippen molar-refractivity contribution in [3.05, 3.63) is 203 Å². The zero-order valence-electron chi connectivity index (χ0n) is 43.8. The van der Waals surface area contributed by atoms with E-state index < -0.39 is 21.5 Å². The monoisotopic (exact) mass is 1070 g/mol. The first-order valence-corrected chi connectivity index (χ1v) is 28.5. The van der Waals surface area contributed by atoms with Gasteiger partial charge in [-0.15, -0.1) is 23.5 Å². The highest BCUT2D eigenvalue weighted by molar-refractivity contribution is 8.00. The van der Waals surface area contributed by atoms with Crippen LogP contribution in [0.25, 0.3) is 0 Å². The number of amides is 3. The van der Waals surface area contributed by atoms with E-state index in [1.54, 1.807) is 23.5 Å². The van der Waals surface area contributed by atoms with Crippen LogP contribution in [0.2, 0.25) is 0 Å². The Morgan fingerprint density at radius 3 is 1.45 bits per heavy atom. The molecule has 0 aliphatic heterocycles. The molecule has 14 heteroatoms. The number of hydrogen-bond acceptors (Lipinski definition) is 10. The zero-order chi connectivity index (χ0) is 53.5. The molecule has 0 radical (unpaired) electrons. The third-order valence-corrected chi connectivity index (χ3v) is 16.1. The fraction of sp³-hybridized carbons (Fsp3) is 0.387. The molecule has 6 rings (SSSR count). The van der Waals surface area contributed by atoms with Crippen molar-refractivity contribution in [2.75, 3.05) is 77.5 Å². The van der Waals surface area contributed by atoms with Crippen molar-refractivity contribution < 1.29 is 43.2 Å². The van der Waals surface area contributed by atoms with Crippen LogP contribution >= 0.6 is 23.5 Å². The second-order valence-corrected chi connectivity index (χ2v) is 21.1. The van der Waals surface area contributed by atoms with Gasteiger partial charge in [0.25, 0.3) is 0 Å². The van der Waals surface area contributed by atoms with Gasteiger partial charge in [0.2, 0.25) is 17.7 Å². The van der Waals surface area contributed by atoms with Crippen molar-refractivity contribution in [3.8, 4) is 0 Å². The fourth-order valence-electron chi connectivity index (χ4n) is 9.23. The standard InChI is InChI=1S/C62H75N3O9S2/c1-49-20-19-31-55(48-49)62(53-27-13-5-14-28-53,54-29-15-6-16-30-54)76-47-35-58(67)65-56(60(70)64-37-39-72-41-43-74-45-44-73-42-40-71-38-33-59(68)69)32-17-18-36-63-57(66)34-46-75-61(50-21-7-2-8-22-50,51-23-9-3-10-24-51)52-25-11-4-12-26-52/h2-16,19-31,49,56H,17-18,32-48H2,1H3,(H,63,66)(H,64,70)(H,65,67)(H,68,69)/t49?,56-/m0/s1. The summed E-state index contributed by atoms with van der Waals surface area (Å²) >= 11 is 3.51. The first-order chi connectivity index (χ1) is 37.2. The largest absolute Gasteiger partial charge is 0.481 e. The van der Waals surface area contributed by atoms with Crippen LogP contribution < -0.4 is 16.0 Å². The van der Waals surface area contributed by atoms with Crippen LogP contribution in [-0.4, -0.2) is 112 Å². The molecule has 1 aliphatic rings. The minimum absolute atomic E-state index is 0.0391. The molecule has 0 heterocycles. The van der Waals surface area contributed by atoms with E-state index in [2.05, 4.69) is 162 Å². The molecule has 2 atom stereocenters. The quantitative estimate of drug-likeness (QED) is 0.0223. The SMILES string of the molecule is CC1C=CC=C(C(SCCC(=O)N[C@@H](CCCCNC(=O)CCSC(c2ccccc2)(c2ccccc2)c2ccccc2)C(=O)NCCOCCOCCOCCOCCC(=O)O)(c2ccccc2)c2ccccc2)C1. The fourth-order valence-corrected chi connectivity index (χ4v) is 12.3. The van der Waals surface area contributed by atoms with Gasteiger partial charge >= 0.3 is 5.97 Å². The normalized spacial score (nSPS) is 13.9. The Balaban J connectivity index is 1.01. The number of allylic oxidation sites excluding steroid dienone is 3. The summed E-state index contributed by atoms with van der Waals surface area (Å²) in [6, 6.07) is 51.6. The first-order valence-electron chi connectivity index (χ1n) is 26.5. The number of nitrogens with one attached hydrogen (secondary N) is 3. The van der Waals surface area contributed by atoms with Gasteiger partial charge in [-0.1, -0.05) is 177 Å². The van der Waals surface area contributed by atoms with E-state index in [0.717, 1.165) is 34.2 Å². The molecule has 0 bridgehead atoms. The van der Waals surface area contributed by atoms with Gasteiger partial charge in [0, 0.05) is 37.4 Å². The van der Waals surface area contributed by atoms with Crippen molar-refractivity contribution >= 4 is 47.2 Å². The maximum absolute atomic E-state index is 13.9. The van der Waals surface area contributed by atoms with E-state index in [9.17, 15) is 19.2 Å². The number of hydrogen-bond donors (Lipinski definition) is 4. The highest BCUT2D eigenvalue weighted by Gasteiger charge is 2.40. The topological polar surface area (TPSA) is 162 Å². The molecular formula is C62H75N3O9S2. The molecule has 4 N–H and O–H groups in total. The van der Waals surface area contributed by atoms with Crippen molar-refractivity contribution in [2.24, 2.45) is 5.92 Å². The summed E-state index contributed by atoms with van der Waals surface area (Å²) in [6.45, 7) is 5.38. The first kappa shape index (κ1) is 59.2. The molecule has 5 aromatic rings. The lowest BCUT2D eigenvalue weighted by Gasteiger charge is -2.39. The molecule has 0 fully saturated rings. The number of unbranched alkanes of at least 4 members (excludes halogenated alkanes) is 1. The van der Waals surface area contributed by atoms with Gasteiger partial charge in [0.15, 0.2) is 0 Å². The number of ether oxygens (including phenoxy) is 4. The smallest absolute Gasteiger partial charge is 0.305 e. The lowest BCUT2D eigenvalue weighted by atomic mass is 9.78. The zero-order valence-corrected chi connectivity index (χ0v) is 45.4. The Kier molecular flexibility index (Phi) is 25.9. The summed E-state index contributed by atoms with van der Waals surface area (Å²) < 4.78 is 20.9. The Morgan fingerprint density at radius 2 is 0.974 bits per heavy atom. The van der Waals surface area contributed by atoms with Gasteiger partial charge in [-0.05, 0) is 65.0 Å². The average Bonchev–Trinajstić information content (AvgIpc) is 3.45. The molecule has 0 aromatic heterocycles. The summed E-state index contributed by atoms with van der Waals surface area (Å²) in [6.07, 6.45) is 9.61. The van der Waals surface area contributed by atoms with Crippen LogP contribution in [0, 0.1) is 5.92 Å². The van der Waals surface area contributed by atoms with Crippen molar-refractivity contribution in [3.63, 3.8) is 0 Å². The van der Waals surface area contributed by atoms with E-state index >= 15 is 0 Å². The summed E-state index contributed by atoms with van der Waals surface area (Å²) in [4.78, 5) is 51.7. The minimum Gasteiger partial charge on any atom is -0.481 e. The maximum atomic E-state index is 13.9. The number of carbonyl (C=O) groups excluding carboxylic acids is 3. The van der Waals surface area contributed by atoms with Gasteiger partial charge < -0.3 is 40.0 Å².